The number of alkyl halides is 5. The van der Waals surface area contributed by atoms with Crippen LogP contribution in [0.1, 0.15) is 54.2 Å². The van der Waals surface area contributed by atoms with E-state index in [0.29, 0.717) is 12.2 Å². The minimum absolute atomic E-state index is 0.0297. The van der Waals surface area contributed by atoms with Crippen LogP contribution >= 0.6 is 0 Å². The first-order chi connectivity index (χ1) is 18.7. The zero-order valence-electron chi connectivity index (χ0n) is 21.8. The van der Waals surface area contributed by atoms with Crippen molar-refractivity contribution in [2.45, 2.75) is 57.7 Å². The number of nitrogens with two attached hydrogens (primary N) is 1. The fraction of sp³-hybridized carbons (Fsp3) is 0.500. The smallest absolute Gasteiger partial charge is 0.382 e. The monoisotopic (exact) mass is 565 g/mol. The Morgan fingerprint density at radius 1 is 1.12 bits per heavy atom. The highest BCUT2D eigenvalue weighted by Crippen LogP contribution is 2.39. The molecule has 0 spiro atoms. The summed E-state index contributed by atoms with van der Waals surface area (Å²) in [5, 5.41) is 6.85. The van der Waals surface area contributed by atoms with Gasteiger partial charge in [0.15, 0.2) is 5.82 Å². The van der Waals surface area contributed by atoms with Crippen LogP contribution in [0.15, 0.2) is 24.7 Å². The summed E-state index contributed by atoms with van der Waals surface area (Å²) in [7, 11) is 0. The van der Waals surface area contributed by atoms with Crippen LogP contribution in [0.5, 0.6) is 0 Å². The van der Waals surface area contributed by atoms with Gasteiger partial charge in [0.25, 0.3) is 5.91 Å². The minimum atomic E-state index is -4.72. The van der Waals surface area contributed by atoms with Crippen LogP contribution < -0.4 is 11.1 Å². The van der Waals surface area contributed by atoms with Gasteiger partial charge < -0.3 is 16.0 Å². The third kappa shape index (κ3) is 5.18. The summed E-state index contributed by atoms with van der Waals surface area (Å²) in [4.78, 5) is 35.8. The highest BCUT2D eigenvalue weighted by Gasteiger charge is 2.42. The summed E-state index contributed by atoms with van der Waals surface area (Å²) in [6.07, 6.45) is -2.70. The van der Waals surface area contributed by atoms with E-state index in [1.165, 1.54) is 12.3 Å². The van der Waals surface area contributed by atoms with Gasteiger partial charge in [-0.15, -0.1) is 0 Å². The van der Waals surface area contributed by atoms with E-state index in [9.17, 15) is 31.5 Å². The molecule has 1 aliphatic carbocycles. The number of aromatic nitrogens is 4. The molecule has 1 saturated heterocycles. The van der Waals surface area contributed by atoms with Crippen LogP contribution in [0.4, 0.5) is 27.8 Å². The predicted molar refractivity (Wildman–Crippen MR) is 134 cm³/mol. The number of carbonyl (C=O) groups is 2. The summed E-state index contributed by atoms with van der Waals surface area (Å²) in [5.74, 6) is -4.31. The molecule has 3 N–H and O–H groups in total. The molecule has 14 heteroatoms. The summed E-state index contributed by atoms with van der Waals surface area (Å²) in [5.41, 5.74) is 5.06. The third-order valence-corrected chi connectivity index (χ3v) is 7.82. The Labute approximate surface area is 225 Å². The molecular formula is C26H28F5N7O2. The fourth-order valence-corrected chi connectivity index (χ4v) is 5.52. The van der Waals surface area contributed by atoms with E-state index in [0.717, 1.165) is 16.9 Å². The Balaban J connectivity index is 1.36. The number of nitrogen functional groups attached to an aromatic ring is 1. The third-order valence-electron chi connectivity index (χ3n) is 7.82. The van der Waals surface area contributed by atoms with Gasteiger partial charge in [-0.1, -0.05) is 6.92 Å². The number of anilines is 1. The first-order valence-electron chi connectivity index (χ1n) is 12.9. The molecule has 214 valence electrons. The Kier molecular flexibility index (Phi) is 6.91. The van der Waals surface area contributed by atoms with E-state index in [-0.39, 0.29) is 66.7 Å². The fourth-order valence-electron chi connectivity index (χ4n) is 5.52. The van der Waals surface area contributed by atoms with Gasteiger partial charge in [-0.2, -0.15) is 18.3 Å². The molecule has 5 rings (SSSR count). The molecule has 2 amide bonds. The zero-order valence-corrected chi connectivity index (χ0v) is 21.8. The normalized spacial score (nSPS) is 21.6. The number of rotatable bonds is 4. The summed E-state index contributed by atoms with van der Waals surface area (Å²) in [6.45, 7) is 4.10. The van der Waals surface area contributed by atoms with Crippen LogP contribution in [0, 0.1) is 18.8 Å². The first kappa shape index (κ1) is 27.7. The summed E-state index contributed by atoms with van der Waals surface area (Å²) < 4.78 is 69.3. The molecule has 0 bridgehead atoms. The van der Waals surface area contributed by atoms with Gasteiger partial charge in [-0.25, -0.2) is 18.3 Å². The van der Waals surface area contributed by atoms with E-state index in [1.54, 1.807) is 11.8 Å². The zero-order chi connectivity index (χ0) is 29.0. The number of pyridine rings is 1. The van der Waals surface area contributed by atoms with Crippen LogP contribution in [0.25, 0.3) is 16.8 Å². The molecule has 40 heavy (non-hydrogen) atoms. The largest absolute Gasteiger partial charge is 0.418 e. The van der Waals surface area contributed by atoms with E-state index in [1.807, 2.05) is 6.92 Å². The van der Waals surface area contributed by atoms with Crippen molar-refractivity contribution in [3.8, 4) is 11.3 Å². The molecular weight excluding hydrogens is 537 g/mol. The number of hydrogen-bond donors (Lipinski definition) is 2. The van der Waals surface area contributed by atoms with E-state index in [4.69, 9.17) is 5.73 Å². The lowest BCUT2D eigenvalue weighted by Crippen LogP contribution is -2.42. The van der Waals surface area contributed by atoms with Gasteiger partial charge in [0.1, 0.15) is 11.8 Å². The molecule has 2 aliphatic rings. The first-order valence-corrected chi connectivity index (χ1v) is 12.9. The maximum atomic E-state index is 13.7. The van der Waals surface area contributed by atoms with Gasteiger partial charge in [0.2, 0.25) is 11.8 Å². The number of carbonyl (C=O) groups excluding carboxylic acids is 2. The number of likely N-dealkylation sites (tertiary alicyclic amines) is 1. The molecule has 0 aromatic carbocycles. The molecule has 2 fully saturated rings. The molecule has 9 nitrogen and oxygen atoms in total. The number of halogens is 5. The SMILES string of the molecule is Cc1ncc(-c2cc(C(F)(F)F)c3c(N)ncnn23)cc1C(=O)N[C@@H]1CN(C(=O)C2CCC(F)(F)CC2)C[C@@H]1C. The standard InChI is InChI=1S/C26H28F5N7O2/c1-13-10-37(24(40)15-3-5-25(27,28)6-4-15)11-19(13)36-23(39)17-7-16(9-33-14(17)2)20-8-18(26(29,30)31)21-22(32)34-12-35-38(20)21/h7-9,12-13,15,19H,3-6,10-11H2,1-2H3,(H,36,39)(H2,32,34,35)/t13-,19+/m0/s1. The van der Waals surface area contributed by atoms with Crippen molar-refractivity contribution < 1.29 is 31.5 Å². The van der Waals surface area contributed by atoms with Crippen molar-refractivity contribution in [1.82, 2.24) is 29.8 Å². The van der Waals surface area contributed by atoms with Crippen LogP contribution in [0.2, 0.25) is 0 Å². The average molecular weight is 566 g/mol. The van der Waals surface area contributed by atoms with Crippen molar-refractivity contribution in [2.75, 3.05) is 18.8 Å². The lowest BCUT2D eigenvalue weighted by Gasteiger charge is -2.30. The second kappa shape index (κ2) is 9.97. The van der Waals surface area contributed by atoms with Gasteiger partial charge in [0, 0.05) is 43.6 Å². The molecule has 4 heterocycles. The molecule has 1 saturated carbocycles. The van der Waals surface area contributed by atoms with Crippen molar-refractivity contribution in [3.63, 3.8) is 0 Å². The van der Waals surface area contributed by atoms with E-state index < -0.39 is 41.0 Å². The van der Waals surface area contributed by atoms with Crippen LogP contribution in [0.3, 0.4) is 0 Å². The maximum absolute atomic E-state index is 13.7. The van der Waals surface area contributed by atoms with Crippen molar-refractivity contribution in [3.05, 3.63) is 41.5 Å². The van der Waals surface area contributed by atoms with Crippen LogP contribution in [-0.2, 0) is 11.0 Å². The number of fused-ring (bicyclic) bond motifs is 1. The predicted octanol–water partition coefficient (Wildman–Crippen LogP) is 4.10. The molecule has 0 radical (unpaired) electrons. The van der Waals surface area contributed by atoms with Gasteiger partial charge in [0.05, 0.1) is 28.6 Å². The van der Waals surface area contributed by atoms with Crippen molar-refractivity contribution in [1.29, 1.82) is 0 Å². The number of aryl methyl sites for hydroxylation is 1. The Bertz CT molecular complexity index is 1460. The molecule has 3 aromatic rings. The van der Waals surface area contributed by atoms with Gasteiger partial charge in [-0.05, 0) is 37.8 Å². The molecule has 2 atom stereocenters. The maximum Gasteiger partial charge on any atom is 0.418 e. The second-order valence-corrected chi connectivity index (χ2v) is 10.6. The summed E-state index contributed by atoms with van der Waals surface area (Å²) in [6, 6.07) is 1.92. The molecule has 3 aromatic heterocycles. The lowest BCUT2D eigenvalue weighted by atomic mass is 9.86. The Morgan fingerprint density at radius 2 is 1.82 bits per heavy atom. The van der Waals surface area contributed by atoms with Gasteiger partial charge >= 0.3 is 6.18 Å². The van der Waals surface area contributed by atoms with E-state index in [2.05, 4.69) is 20.4 Å². The average Bonchev–Trinajstić information content (AvgIpc) is 3.46. The summed E-state index contributed by atoms with van der Waals surface area (Å²) >= 11 is 0. The van der Waals surface area contributed by atoms with Gasteiger partial charge in [-0.3, -0.25) is 14.6 Å². The minimum Gasteiger partial charge on any atom is -0.382 e. The highest BCUT2D eigenvalue weighted by molar-refractivity contribution is 5.96. The lowest BCUT2D eigenvalue weighted by molar-refractivity contribution is -0.139. The Morgan fingerprint density at radius 3 is 2.50 bits per heavy atom. The highest BCUT2D eigenvalue weighted by atomic mass is 19.4. The number of amides is 2. The topological polar surface area (TPSA) is 119 Å². The number of nitrogens with one attached hydrogen (secondary N) is 1. The number of hydrogen-bond acceptors (Lipinski definition) is 6. The number of nitrogens with zero attached hydrogens (tertiary/aromatic N) is 5. The van der Waals surface area contributed by atoms with E-state index >= 15 is 0 Å². The molecule has 0 unspecified atom stereocenters. The van der Waals surface area contributed by atoms with Crippen molar-refractivity contribution in [2.24, 2.45) is 11.8 Å². The van der Waals surface area contributed by atoms with Crippen LogP contribution in [-0.4, -0.2) is 61.4 Å². The molecule has 1 aliphatic heterocycles. The second-order valence-electron chi connectivity index (χ2n) is 10.6. The Hall–Kier alpha value is -3.84. The quantitative estimate of drug-likeness (QED) is 0.460. The van der Waals surface area contributed by atoms with Crippen molar-refractivity contribution >= 4 is 23.1 Å².